The molecule has 116 valence electrons. The number of nitrogens with one attached hydrogen (secondary N) is 1. The number of aliphatic hydroxyl groups is 1. The Balaban J connectivity index is 0.00000147. The predicted molar refractivity (Wildman–Crippen MR) is 80.6 cm³/mol. The normalized spacial score (nSPS) is 45.0. The number of carbonyl (C=O) groups excluding carboxylic acids is 1. The Morgan fingerprint density at radius 2 is 2.05 bits per heavy atom. The van der Waals surface area contributed by atoms with E-state index in [1.807, 2.05) is 0 Å². The fourth-order valence-electron chi connectivity index (χ4n) is 5.61. The van der Waals surface area contributed by atoms with Crippen LogP contribution in [0.15, 0.2) is 0 Å². The zero-order chi connectivity index (χ0) is 13.7. The van der Waals surface area contributed by atoms with E-state index in [9.17, 15) is 9.90 Å². The lowest BCUT2D eigenvalue weighted by Gasteiger charge is -2.64. The summed E-state index contributed by atoms with van der Waals surface area (Å²) in [6, 6.07) is 0. The third kappa shape index (κ3) is 2.36. The van der Waals surface area contributed by atoms with Gasteiger partial charge in [-0.1, -0.05) is 13.3 Å². The van der Waals surface area contributed by atoms with Crippen LogP contribution < -0.4 is 11.1 Å². The quantitative estimate of drug-likeness (QED) is 0.738. The minimum absolute atomic E-state index is 0. The van der Waals surface area contributed by atoms with Gasteiger partial charge in [0.2, 0.25) is 5.91 Å². The highest BCUT2D eigenvalue weighted by molar-refractivity contribution is 5.85. The Morgan fingerprint density at radius 3 is 2.65 bits per heavy atom. The Bertz CT molecular complexity index is 405. The average Bonchev–Trinajstić information content (AvgIpc) is 2.33. The molecule has 0 radical (unpaired) electrons. The molecule has 0 spiro atoms. The molecule has 4 nitrogen and oxygen atoms in total. The maximum atomic E-state index is 12.6. The molecule has 5 heteroatoms. The Hall–Kier alpha value is -0.320. The molecule has 4 bridgehead atoms. The van der Waals surface area contributed by atoms with E-state index in [0.29, 0.717) is 25.4 Å². The van der Waals surface area contributed by atoms with Crippen molar-refractivity contribution in [3.8, 4) is 0 Å². The van der Waals surface area contributed by atoms with Gasteiger partial charge < -0.3 is 16.2 Å². The number of hydrogen-bond acceptors (Lipinski definition) is 3. The molecule has 4 N–H and O–H groups in total. The molecule has 20 heavy (non-hydrogen) atoms. The van der Waals surface area contributed by atoms with Crippen LogP contribution in [-0.2, 0) is 4.79 Å². The second-order valence-corrected chi connectivity index (χ2v) is 7.41. The van der Waals surface area contributed by atoms with Crippen LogP contribution in [0.4, 0.5) is 0 Å². The van der Waals surface area contributed by atoms with Crippen LogP contribution in [0, 0.1) is 16.7 Å². The molecule has 4 fully saturated rings. The van der Waals surface area contributed by atoms with Crippen molar-refractivity contribution in [2.24, 2.45) is 22.5 Å². The lowest BCUT2D eigenvalue weighted by Crippen LogP contribution is -2.63. The smallest absolute Gasteiger partial charge is 0.226 e. The van der Waals surface area contributed by atoms with Crippen molar-refractivity contribution in [1.82, 2.24) is 5.32 Å². The van der Waals surface area contributed by atoms with E-state index in [0.717, 1.165) is 32.1 Å². The number of nitrogens with two attached hydrogens (primary N) is 1. The summed E-state index contributed by atoms with van der Waals surface area (Å²) < 4.78 is 0. The topological polar surface area (TPSA) is 75.3 Å². The number of carbonyl (C=O) groups is 1. The number of hydrogen-bond donors (Lipinski definition) is 3. The first-order valence-corrected chi connectivity index (χ1v) is 7.66. The largest absolute Gasteiger partial charge is 0.390 e. The van der Waals surface area contributed by atoms with E-state index in [4.69, 9.17) is 5.73 Å². The lowest BCUT2D eigenvalue weighted by molar-refractivity contribution is -0.204. The van der Waals surface area contributed by atoms with Crippen molar-refractivity contribution in [3.63, 3.8) is 0 Å². The van der Waals surface area contributed by atoms with Gasteiger partial charge in [0.05, 0.1) is 11.0 Å². The van der Waals surface area contributed by atoms with Crippen LogP contribution in [0.25, 0.3) is 0 Å². The van der Waals surface area contributed by atoms with Gasteiger partial charge in [-0.05, 0) is 49.9 Å². The molecule has 4 atom stereocenters. The van der Waals surface area contributed by atoms with Gasteiger partial charge in [0.15, 0.2) is 0 Å². The van der Waals surface area contributed by atoms with Gasteiger partial charge in [0, 0.05) is 13.1 Å². The zero-order valence-corrected chi connectivity index (χ0v) is 13.1. The van der Waals surface area contributed by atoms with Gasteiger partial charge in [0.1, 0.15) is 0 Å². The van der Waals surface area contributed by atoms with Crippen LogP contribution >= 0.6 is 12.4 Å². The predicted octanol–water partition coefficient (Wildman–Crippen LogP) is 1.59. The SMILES string of the molecule is CCC12CC3CC(O)(C1)CC(C(=O)NCCN)(C3)C2.Cl. The molecule has 1 amide bonds. The van der Waals surface area contributed by atoms with Gasteiger partial charge >= 0.3 is 0 Å². The first-order chi connectivity index (χ1) is 8.95. The highest BCUT2D eigenvalue weighted by Gasteiger charge is 2.64. The summed E-state index contributed by atoms with van der Waals surface area (Å²) in [5.41, 5.74) is 4.78. The summed E-state index contributed by atoms with van der Waals surface area (Å²) in [5, 5.41) is 13.8. The van der Waals surface area contributed by atoms with E-state index in [1.165, 1.54) is 6.42 Å². The number of halogens is 1. The average molecular weight is 303 g/mol. The molecule has 4 aliphatic rings. The van der Waals surface area contributed by atoms with E-state index >= 15 is 0 Å². The third-order valence-corrected chi connectivity index (χ3v) is 5.82. The second kappa shape index (κ2) is 5.15. The lowest BCUT2D eigenvalue weighted by atomic mass is 9.42. The Kier molecular flexibility index (Phi) is 4.13. The highest BCUT2D eigenvalue weighted by Crippen LogP contribution is 2.67. The summed E-state index contributed by atoms with van der Waals surface area (Å²) in [7, 11) is 0. The van der Waals surface area contributed by atoms with Crippen molar-refractivity contribution in [1.29, 1.82) is 0 Å². The summed E-state index contributed by atoms with van der Waals surface area (Å²) in [4.78, 5) is 12.6. The molecule has 4 saturated carbocycles. The maximum absolute atomic E-state index is 12.6. The summed E-state index contributed by atoms with van der Waals surface area (Å²) >= 11 is 0. The van der Waals surface area contributed by atoms with Gasteiger partial charge in [0.25, 0.3) is 0 Å². The molecule has 0 aliphatic heterocycles. The van der Waals surface area contributed by atoms with Crippen molar-refractivity contribution in [3.05, 3.63) is 0 Å². The van der Waals surface area contributed by atoms with E-state index in [-0.39, 0.29) is 29.1 Å². The minimum atomic E-state index is -0.588. The summed E-state index contributed by atoms with van der Waals surface area (Å²) in [5.74, 6) is 0.670. The van der Waals surface area contributed by atoms with Crippen molar-refractivity contribution >= 4 is 18.3 Å². The van der Waals surface area contributed by atoms with Crippen molar-refractivity contribution in [2.45, 2.75) is 57.5 Å². The van der Waals surface area contributed by atoms with Crippen LogP contribution in [0.3, 0.4) is 0 Å². The van der Waals surface area contributed by atoms with Crippen LogP contribution in [0.5, 0.6) is 0 Å². The maximum Gasteiger partial charge on any atom is 0.226 e. The standard InChI is InChI=1S/C15H26N2O2.ClH/c1-2-13-5-11-6-14(8-13,12(18)17-4-3-16)10-15(19,7-11)9-13;/h11,19H,2-10,16H2,1H3,(H,17,18);1H. The van der Waals surface area contributed by atoms with Crippen LogP contribution in [0.1, 0.15) is 51.9 Å². The van der Waals surface area contributed by atoms with Crippen LogP contribution in [-0.4, -0.2) is 29.7 Å². The molecule has 0 saturated heterocycles. The monoisotopic (exact) mass is 302 g/mol. The molecule has 4 aliphatic carbocycles. The molecular weight excluding hydrogens is 276 g/mol. The van der Waals surface area contributed by atoms with Crippen molar-refractivity contribution in [2.75, 3.05) is 13.1 Å². The molecule has 0 aromatic heterocycles. The molecular formula is C15H27ClN2O2. The van der Waals surface area contributed by atoms with Crippen LogP contribution in [0.2, 0.25) is 0 Å². The Labute approximate surface area is 127 Å². The number of amides is 1. The van der Waals surface area contributed by atoms with Gasteiger partial charge in [-0.2, -0.15) is 0 Å². The van der Waals surface area contributed by atoms with Gasteiger partial charge in [-0.15, -0.1) is 12.4 Å². The molecule has 0 aromatic carbocycles. The van der Waals surface area contributed by atoms with Gasteiger partial charge in [-0.3, -0.25) is 4.79 Å². The number of rotatable bonds is 4. The third-order valence-electron chi connectivity index (χ3n) is 5.82. The van der Waals surface area contributed by atoms with Crippen molar-refractivity contribution < 1.29 is 9.90 Å². The fraction of sp³-hybridized carbons (Fsp3) is 0.933. The van der Waals surface area contributed by atoms with E-state index in [2.05, 4.69) is 12.2 Å². The first-order valence-electron chi connectivity index (χ1n) is 7.66. The minimum Gasteiger partial charge on any atom is -0.390 e. The summed E-state index contributed by atoms with van der Waals surface area (Å²) in [6.45, 7) is 3.24. The summed E-state index contributed by atoms with van der Waals surface area (Å²) in [6.07, 6.45) is 6.68. The molecule has 4 unspecified atom stereocenters. The zero-order valence-electron chi connectivity index (χ0n) is 12.3. The van der Waals surface area contributed by atoms with E-state index < -0.39 is 5.60 Å². The van der Waals surface area contributed by atoms with Gasteiger partial charge in [-0.25, -0.2) is 0 Å². The fourth-order valence-corrected chi connectivity index (χ4v) is 5.61. The second-order valence-electron chi connectivity index (χ2n) is 7.41. The van der Waals surface area contributed by atoms with E-state index in [1.54, 1.807) is 0 Å². The highest BCUT2D eigenvalue weighted by atomic mass is 35.5. The first kappa shape index (κ1) is 16.1. The Morgan fingerprint density at radius 1 is 1.30 bits per heavy atom. The molecule has 0 aromatic rings. The molecule has 4 rings (SSSR count). The molecule has 0 heterocycles.